The highest BCUT2D eigenvalue weighted by atomic mass is 35.5. The van der Waals surface area contributed by atoms with Gasteiger partial charge in [-0.3, -0.25) is 34.5 Å². The first-order valence-corrected chi connectivity index (χ1v) is 12.1. The number of likely N-dealkylation sites (tertiary alicyclic amines) is 1. The summed E-state index contributed by atoms with van der Waals surface area (Å²) in [5.41, 5.74) is 6.14. The minimum atomic E-state index is -5.17. The van der Waals surface area contributed by atoms with Gasteiger partial charge in [-0.2, -0.15) is 13.2 Å². The van der Waals surface area contributed by atoms with E-state index in [1.165, 1.54) is 4.90 Å². The Kier molecular flexibility index (Phi) is 8.87. The molecule has 5 N–H and O–H groups in total. The number of carbonyl (C=O) groups is 4. The second-order valence-electron chi connectivity index (χ2n) is 10.8. The van der Waals surface area contributed by atoms with E-state index in [2.05, 4.69) is 5.43 Å². The van der Waals surface area contributed by atoms with Crippen LogP contribution in [0.4, 0.5) is 13.2 Å². The maximum absolute atomic E-state index is 13.4. The fraction of sp³-hybridized carbons (Fsp3) is 0.810. The molecule has 36 heavy (non-hydrogen) atoms. The van der Waals surface area contributed by atoms with Crippen molar-refractivity contribution < 1.29 is 37.5 Å². The molecule has 10 nitrogen and oxygen atoms in total. The maximum atomic E-state index is 13.4. The summed E-state index contributed by atoms with van der Waals surface area (Å²) in [7, 11) is 0. The first kappa shape index (κ1) is 30.4. The monoisotopic (exact) mass is 561 g/mol. The zero-order valence-electron chi connectivity index (χ0n) is 20.5. The smallest absolute Gasteiger partial charge is 0.376 e. The molecule has 2 rings (SSSR count). The maximum Gasteiger partial charge on any atom is 0.471 e. The molecule has 1 unspecified atom stereocenters. The number of nitrogens with zero attached hydrogens (tertiary/aromatic N) is 2. The van der Waals surface area contributed by atoms with E-state index in [4.69, 9.17) is 28.9 Å². The third-order valence-corrected chi connectivity index (χ3v) is 7.28. The number of hydrazine groups is 1. The lowest BCUT2D eigenvalue weighted by atomic mass is 9.84. The summed E-state index contributed by atoms with van der Waals surface area (Å²) >= 11 is 11.3. The van der Waals surface area contributed by atoms with Gasteiger partial charge in [0.15, 0.2) is 4.84 Å². The average Bonchev–Trinajstić information content (AvgIpc) is 3.07. The van der Waals surface area contributed by atoms with Gasteiger partial charge in [-0.1, -0.05) is 57.8 Å². The Labute approximate surface area is 216 Å². The predicted molar refractivity (Wildman–Crippen MR) is 124 cm³/mol. The number of alkyl halides is 5. The molecule has 15 heteroatoms. The van der Waals surface area contributed by atoms with Crippen LogP contribution in [0.1, 0.15) is 41.0 Å². The van der Waals surface area contributed by atoms with Crippen molar-refractivity contribution in [1.29, 1.82) is 0 Å². The third kappa shape index (κ3) is 6.53. The number of amides is 4. The van der Waals surface area contributed by atoms with E-state index in [1.54, 1.807) is 20.8 Å². The zero-order valence-corrected chi connectivity index (χ0v) is 22.0. The molecule has 2 aliphatic rings. The SMILES string of the molecule is CC(C)(C)[C@H](NC(=O)C(F)(F)F)C(O)N1C[C@H]2[C@@H]([C@H]1C(=O)NN(CCC(N)=O)C(=O)C(Cl)Cl)C2(C)C. The highest BCUT2D eigenvalue weighted by molar-refractivity contribution is 6.53. The first-order valence-electron chi connectivity index (χ1n) is 11.2. The summed E-state index contributed by atoms with van der Waals surface area (Å²) in [6.45, 7) is 8.27. The second kappa shape index (κ2) is 10.5. The minimum absolute atomic E-state index is 0.0783. The van der Waals surface area contributed by atoms with Crippen LogP contribution in [-0.2, 0) is 19.2 Å². The van der Waals surface area contributed by atoms with Crippen LogP contribution in [0, 0.1) is 22.7 Å². The van der Waals surface area contributed by atoms with Crippen LogP contribution in [0.5, 0.6) is 0 Å². The second-order valence-corrected chi connectivity index (χ2v) is 11.9. The van der Waals surface area contributed by atoms with Crippen molar-refractivity contribution in [3.8, 4) is 0 Å². The molecule has 1 saturated carbocycles. The van der Waals surface area contributed by atoms with Gasteiger partial charge in [-0.25, -0.2) is 0 Å². The van der Waals surface area contributed by atoms with Gasteiger partial charge in [-0.15, -0.1) is 0 Å². The molecule has 1 saturated heterocycles. The highest BCUT2D eigenvalue weighted by Crippen LogP contribution is 2.65. The number of piperidine rings is 1. The lowest BCUT2D eigenvalue weighted by Crippen LogP contribution is -2.64. The molecule has 0 aromatic rings. The average molecular weight is 562 g/mol. The molecule has 0 aromatic heterocycles. The van der Waals surface area contributed by atoms with Crippen molar-refractivity contribution in [3.63, 3.8) is 0 Å². The topological polar surface area (TPSA) is 145 Å². The number of aliphatic hydroxyl groups excluding tert-OH is 1. The van der Waals surface area contributed by atoms with E-state index < -0.39 is 58.4 Å². The molecule has 206 valence electrons. The minimum Gasteiger partial charge on any atom is -0.376 e. The van der Waals surface area contributed by atoms with Crippen molar-refractivity contribution in [2.24, 2.45) is 28.4 Å². The normalized spacial score (nSPS) is 25.1. The molecule has 4 amide bonds. The number of fused-ring (bicyclic) bond motifs is 1. The zero-order chi connectivity index (χ0) is 28.0. The van der Waals surface area contributed by atoms with Crippen molar-refractivity contribution in [3.05, 3.63) is 0 Å². The van der Waals surface area contributed by atoms with Gasteiger partial charge in [0.2, 0.25) is 5.91 Å². The molecule has 0 bridgehead atoms. The largest absolute Gasteiger partial charge is 0.471 e. The number of nitrogens with two attached hydrogens (primary N) is 1. The van der Waals surface area contributed by atoms with E-state index in [0.29, 0.717) is 0 Å². The third-order valence-electron chi connectivity index (χ3n) is 6.91. The number of carbonyl (C=O) groups excluding carboxylic acids is 4. The highest BCUT2D eigenvalue weighted by Gasteiger charge is 2.70. The fourth-order valence-corrected chi connectivity index (χ4v) is 5.04. The Morgan fingerprint density at radius 1 is 1.19 bits per heavy atom. The molecule has 0 spiro atoms. The Bertz CT molecular complexity index is 896. The van der Waals surface area contributed by atoms with E-state index in [0.717, 1.165) is 5.01 Å². The molecule has 0 radical (unpaired) electrons. The number of primary amides is 1. The van der Waals surface area contributed by atoms with E-state index >= 15 is 0 Å². The number of aliphatic hydroxyl groups is 1. The fourth-order valence-electron chi connectivity index (χ4n) is 4.81. The van der Waals surface area contributed by atoms with Crippen molar-refractivity contribution in [1.82, 2.24) is 20.7 Å². The van der Waals surface area contributed by atoms with Crippen LogP contribution in [0.2, 0.25) is 0 Å². The molecule has 0 aromatic carbocycles. The quantitative estimate of drug-likeness (QED) is 0.256. The Hall–Kier alpha value is -1.83. The predicted octanol–water partition coefficient (Wildman–Crippen LogP) is 0.893. The van der Waals surface area contributed by atoms with Crippen molar-refractivity contribution >= 4 is 46.8 Å². The Morgan fingerprint density at radius 2 is 1.75 bits per heavy atom. The summed E-state index contributed by atoms with van der Waals surface area (Å²) in [5.74, 6) is -5.03. The van der Waals surface area contributed by atoms with Crippen LogP contribution in [0.25, 0.3) is 0 Å². The van der Waals surface area contributed by atoms with Gasteiger partial charge < -0.3 is 16.2 Å². The molecule has 5 atom stereocenters. The van der Waals surface area contributed by atoms with E-state index in [1.807, 2.05) is 19.2 Å². The molecule has 1 aliphatic heterocycles. The van der Waals surface area contributed by atoms with Gasteiger partial charge in [-0.05, 0) is 22.7 Å². The Morgan fingerprint density at radius 3 is 2.19 bits per heavy atom. The molecular weight excluding hydrogens is 530 g/mol. The standard InChI is InChI=1S/C21H32Cl2F3N5O5/c1-19(2,3)13(28-18(36)21(24,25)26)16(34)30-8-9-11(20(9,4)5)12(30)15(33)29-31(7-6-10(27)32)17(35)14(22)23/h9,11-14,16,34H,6-8H2,1-5H3,(H2,27,32)(H,28,36)(H,29,33)/t9-,11-,12-,13+,16?/m0/s1. The number of halogens is 5. The van der Waals surface area contributed by atoms with Gasteiger partial charge in [0.05, 0.1) is 18.6 Å². The number of rotatable bonds is 8. The summed E-state index contributed by atoms with van der Waals surface area (Å²) in [5, 5.41) is 13.8. The summed E-state index contributed by atoms with van der Waals surface area (Å²) in [6, 6.07) is -2.47. The van der Waals surface area contributed by atoms with Gasteiger partial charge in [0.25, 0.3) is 11.8 Å². The van der Waals surface area contributed by atoms with E-state index in [-0.39, 0.29) is 36.8 Å². The van der Waals surface area contributed by atoms with E-state index in [9.17, 15) is 37.5 Å². The van der Waals surface area contributed by atoms with Crippen molar-refractivity contribution in [2.75, 3.05) is 13.1 Å². The van der Waals surface area contributed by atoms with Crippen LogP contribution in [0.3, 0.4) is 0 Å². The molecule has 1 heterocycles. The molecule has 2 fully saturated rings. The van der Waals surface area contributed by atoms with Crippen LogP contribution in [0.15, 0.2) is 0 Å². The summed E-state index contributed by atoms with van der Waals surface area (Å²) in [6.07, 6.45) is -7.15. The van der Waals surface area contributed by atoms with Crippen molar-refractivity contribution in [2.45, 2.75) is 70.4 Å². The number of hydrogen-bond donors (Lipinski definition) is 4. The van der Waals surface area contributed by atoms with Gasteiger partial charge in [0.1, 0.15) is 6.23 Å². The lowest BCUT2D eigenvalue weighted by Gasteiger charge is -2.42. The number of hydrogen-bond acceptors (Lipinski definition) is 6. The molecule has 1 aliphatic carbocycles. The van der Waals surface area contributed by atoms with Crippen LogP contribution >= 0.6 is 23.2 Å². The molecular formula is C21H32Cl2F3N5O5. The summed E-state index contributed by atoms with van der Waals surface area (Å²) < 4.78 is 38.9. The van der Waals surface area contributed by atoms with Gasteiger partial charge in [0, 0.05) is 13.0 Å². The number of nitrogens with one attached hydrogen (secondary N) is 2. The lowest BCUT2D eigenvalue weighted by molar-refractivity contribution is -0.178. The Balaban J connectivity index is 2.34. The summed E-state index contributed by atoms with van der Waals surface area (Å²) in [4.78, 5) is 48.4. The van der Waals surface area contributed by atoms with Crippen LogP contribution < -0.4 is 16.5 Å². The van der Waals surface area contributed by atoms with Gasteiger partial charge >= 0.3 is 12.1 Å². The van der Waals surface area contributed by atoms with Crippen LogP contribution in [-0.4, -0.2) is 81.1 Å². The first-order chi connectivity index (χ1) is 16.2.